The Balaban J connectivity index is 0.890. The van der Waals surface area contributed by atoms with Crippen molar-refractivity contribution in [3.05, 3.63) is 48.5 Å². The lowest BCUT2D eigenvalue weighted by atomic mass is 9.97. The number of ether oxygens (including phenoxy) is 6. The lowest BCUT2D eigenvalue weighted by Crippen LogP contribution is -2.64. The molecule has 4 heterocycles. The molecule has 2 aromatic carbocycles. The van der Waals surface area contributed by atoms with Crippen LogP contribution >= 0.6 is 23.5 Å². The number of rotatable bonds is 19. The molecule has 4 aliphatic rings. The van der Waals surface area contributed by atoms with E-state index in [1.807, 2.05) is 24.3 Å². The Morgan fingerprint density at radius 2 is 0.750 bits per heavy atom. The fraction of sp³-hybridized carbons (Fsp3) is 0.700. The standard InChI is InChI=1S/C40H60N2O20S2/c43-13-21-25(47)27(49)31(53)37(57-21)61-35-23(15-45)59-39(33(55)29(35)51)63-19-7-3-17(4-8-19)41-11-1-2-12-42-18-5-9-20(10-6-18)64-40-34(56)30(52)36(24(16-46)60-40)62-38-32(54)28(50)26(48)22(14-44)58-38/h3-10,21-56H,1-2,11-16H2/t21-,22-,23-,24-,25-,26-,27+,28+,29-,30-,31-,32-,33-,34-,35-,36-,37+,38+,39+,40+/m1/s1. The first-order valence-electron chi connectivity index (χ1n) is 20.9. The Hall–Kier alpha value is -2.06. The van der Waals surface area contributed by atoms with Gasteiger partial charge in [-0.2, -0.15) is 0 Å². The topological polar surface area (TPSA) is 363 Å². The van der Waals surface area contributed by atoms with Crippen LogP contribution in [-0.2, 0) is 28.4 Å². The van der Waals surface area contributed by atoms with E-state index in [-0.39, 0.29) is 0 Å². The predicted molar refractivity (Wildman–Crippen MR) is 224 cm³/mol. The van der Waals surface area contributed by atoms with E-state index in [4.69, 9.17) is 28.4 Å². The van der Waals surface area contributed by atoms with Crippen molar-refractivity contribution in [1.82, 2.24) is 0 Å². The van der Waals surface area contributed by atoms with E-state index >= 15 is 0 Å². The van der Waals surface area contributed by atoms with Crippen molar-refractivity contribution in [2.75, 3.05) is 50.2 Å². The van der Waals surface area contributed by atoms with Crippen LogP contribution in [0, 0.1) is 0 Å². The number of nitrogens with one attached hydrogen (secondary N) is 2. The van der Waals surface area contributed by atoms with E-state index in [1.165, 1.54) is 0 Å². The van der Waals surface area contributed by atoms with Gasteiger partial charge in [0, 0.05) is 34.3 Å². The first kappa shape index (κ1) is 51.3. The van der Waals surface area contributed by atoms with Crippen LogP contribution in [0.4, 0.5) is 11.4 Å². The van der Waals surface area contributed by atoms with Crippen LogP contribution in [0.25, 0.3) is 0 Å². The Morgan fingerprint density at radius 3 is 1.08 bits per heavy atom. The predicted octanol–water partition coefficient (Wildman–Crippen LogP) is -4.58. The molecular weight excluding hydrogens is 893 g/mol. The summed E-state index contributed by atoms with van der Waals surface area (Å²) < 4.78 is 33.7. The molecule has 0 aromatic heterocycles. The van der Waals surface area contributed by atoms with Gasteiger partial charge in [-0.05, 0) is 61.4 Å². The summed E-state index contributed by atoms with van der Waals surface area (Å²) in [5.41, 5.74) is -0.332. The fourth-order valence-corrected chi connectivity index (χ4v) is 9.71. The molecule has 362 valence electrons. The maximum absolute atomic E-state index is 10.9. The highest BCUT2D eigenvalue weighted by Crippen LogP contribution is 2.38. The zero-order valence-electron chi connectivity index (χ0n) is 34.3. The van der Waals surface area contributed by atoms with Crippen molar-refractivity contribution < 1.29 is 99.9 Å². The monoisotopic (exact) mass is 952 g/mol. The number of aliphatic hydroxyl groups is 14. The summed E-state index contributed by atoms with van der Waals surface area (Å²) in [5, 5.41) is 150. The van der Waals surface area contributed by atoms with Gasteiger partial charge in [0.15, 0.2) is 12.6 Å². The minimum Gasteiger partial charge on any atom is -0.394 e. The third-order valence-electron chi connectivity index (χ3n) is 11.4. The maximum Gasteiger partial charge on any atom is 0.187 e. The number of hydrogen-bond donors (Lipinski definition) is 16. The van der Waals surface area contributed by atoms with E-state index in [1.54, 1.807) is 24.3 Å². The van der Waals surface area contributed by atoms with Crippen molar-refractivity contribution in [3.63, 3.8) is 0 Å². The van der Waals surface area contributed by atoms with Crippen molar-refractivity contribution >= 4 is 34.9 Å². The van der Waals surface area contributed by atoms with Crippen molar-refractivity contribution in [1.29, 1.82) is 0 Å². The number of benzene rings is 2. The van der Waals surface area contributed by atoms with Gasteiger partial charge in [0.2, 0.25) is 0 Å². The number of anilines is 2. The molecule has 0 saturated carbocycles. The van der Waals surface area contributed by atoms with Crippen LogP contribution in [0.15, 0.2) is 58.3 Å². The Kier molecular flexibility index (Phi) is 19.1. The largest absolute Gasteiger partial charge is 0.394 e. The molecule has 0 aliphatic carbocycles. The van der Waals surface area contributed by atoms with Gasteiger partial charge < -0.3 is 111 Å². The zero-order valence-corrected chi connectivity index (χ0v) is 36.0. The Bertz CT molecular complexity index is 1570. The van der Waals surface area contributed by atoms with Gasteiger partial charge in [-0.15, -0.1) is 0 Å². The number of thioether (sulfide) groups is 2. The van der Waals surface area contributed by atoms with E-state index in [0.29, 0.717) is 22.9 Å². The summed E-state index contributed by atoms with van der Waals surface area (Å²) in [6, 6.07) is 14.6. The van der Waals surface area contributed by atoms with Crippen LogP contribution in [0.5, 0.6) is 0 Å². The third kappa shape index (κ3) is 12.1. The second-order valence-electron chi connectivity index (χ2n) is 15.9. The molecule has 4 saturated heterocycles. The number of unbranched alkanes of at least 4 members (excludes halogenated alkanes) is 1. The summed E-state index contributed by atoms with van der Waals surface area (Å²) in [6.45, 7) is -1.29. The zero-order chi connectivity index (χ0) is 46.2. The molecule has 0 bridgehead atoms. The lowest BCUT2D eigenvalue weighted by molar-refractivity contribution is -0.338. The average Bonchev–Trinajstić information content (AvgIpc) is 3.30. The first-order chi connectivity index (χ1) is 30.7. The quantitative estimate of drug-likeness (QED) is 0.0590. The van der Waals surface area contributed by atoms with Crippen LogP contribution in [0.3, 0.4) is 0 Å². The molecule has 0 amide bonds. The van der Waals surface area contributed by atoms with Gasteiger partial charge in [-0.1, -0.05) is 23.5 Å². The smallest absolute Gasteiger partial charge is 0.187 e. The van der Waals surface area contributed by atoms with Gasteiger partial charge in [0.25, 0.3) is 0 Å². The molecule has 0 radical (unpaired) electrons. The fourth-order valence-electron chi connectivity index (χ4n) is 7.59. The normalized spacial score (nSPS) is 40.5. The minimum atomic E-state index is -1.75. The molecule has 20 atom stereocenters. The molecular formula is C40H60N2O20S2. The molecule has 0 spiro atoms. The lowest BCUT2D eigenvalue weighted by Gasteiger charge is -2.46. The van der Waals surface area contributed by atoms with Gasteiger partial charge in [-0.3, -0.25) is 0 Å². The summed E-state index contributed by atoms with van der Waals surface area (Å²) in [6.07, 6.45) is -25.6. The molecule has 6 rings (SSSR count). The molecule has 24 heteroatoms. The molecule has 64 heavy (non-hydrogen) atoms. The summed E-state index contributed by atoms with van der Waals surface area (Å²) >= 11 is 2.23. The van der Waals surface area contributed by atoms with Crippen molar-refractivity contribution in [3.8, 4) is 0 Å². The SMILES string of the molecule is OC[C@H]1O[C@@H](O[C@H]2[C@H](O)[C@@H](O)[C@H](Sc3ccc(NCCCCNc4ccc(S[C@@H]5O[C@H](CO)[C@@H](O[C@@H]6O[C@H](CO)[C@@H](O)[C@H](O)[C@H]6O)[C@H](O)[C@H]5O)cc4)cc3)O[C@@H]2CO)[C@H](O)[C@@H](O)[C@@H]1O. The number of hydrogen-bond acceptors (Lipinski definition) is 24. The van der Waals surface area contributed by atoms with Gasteiger partial charge in [-0.25, -0.2) is 0 Å². The van der Waals surface area contributed by atoms with E-state index < -0.39 is 148 Å². The van der Waals surface area contributed by atoms with Crippen LogP contribution in [0.1, 0.15) is 12.8 Å². The molecule has 16 N–H and O–H groups in total. The van der Waals surface area contributed by atoms with E-state index in [2.05, 4.69) is 10.6 Å². The highest BCUT2D eigenvalue weighted by atomic mass is 32.2. The van der Waals surface area contributed by atoms with Crippen LogP contribution in [0.2, 0.25) is 0 Å². The first-order valence-corrected chi connectivity index (χ1v) is 22.6. The van der Waals surface area contributed by atoms with E-state index in [0.717, 1.165) is 47.7 Å². The second kappa shape index (κ2) is 23.8. The third-order valence-corrected chi connectivity index (χ3v) is 13.7. The maximum atomic E-state index is 10.9. The molecule has 4 fully saturated rings. The van der Waals surface area contributed by atoms with E-state index in [9.17, 15) is 71.5 Å². The minimum absolute atomic E-state index is 0.629. The van der Waals surface area contributed by atoms with Crippen LogP contribution < -0.4 is 10.6 Å². The summed E-state index contributed by atoms with van der Waals surface area (Å²) in [4.78, 5) is 1.39. The van der Waals surface area contributed by atoms with Gasteiger partial charge in [0.1, 0.15) is 109 Å². The number of aliphatic hydroxyl groups excluding tert-OH is 14. The Labute approximate surface area is 376 Å². The average molecular weight is 953 g/mol. The molecule has 0 unspecified atom stereocenters. The summed E-state index contributed by atoms with van der Waals surface area (Å²) in [5.74, 6) is 0. The molecule has 22 nitrogen and oxygen atoms in total. The van der Waals surface area contributed by atoms with Gasteiger partial charge in [0.05, 0.1) is 26.4 Å². The highest BCUT2D eigenvalue weighted by molar-refractivity contribution is 8.00. The Morgan fingerprint density at radius 1 is 0.406 bits per heavy atom. The molecule has 2 aromatic rings. The molecule has 4 aliphatic heterocycles. The summed E-state index contributed by atoms with van der Waals surface area (Å²) in [7, 11) is 0. The second-order valence-corrected chi connectivity index (χ2v) is 18.2. The van der Waals surface area contributed by atoms with Gasteiger partial charge >= 0.3 is 0 Å². The van der Waals surface area contributed by atoms with Crippen LogP contribution in [-0.4, -0.2) is 232 Å². The highest BCUT2D eigenvalue weighted by Gasteiger charge is 2.52. The van der Waals surface area contributed by atoms with Crippen molar-refractivity contribution in [2.45, 2.75) is 144 Å². The van der Waals surface area contributed by atoms with Crippen molar-refractivity contribution in [2.24, 2.45) is 0 Å².